The van der Waals surface area contributed by atoms with Crippen molar-refractivity contribution in [1.82, 2.24) is 5.32 Å². The number of hydrogen-bond acceptors (Lipinski definition) is 3. The molecule has 0 radical (unpaired) electrons. The number of carbonyl (C=O) groups is 2. The van der Waals surface area contributed by atoms with E-state index < -0.39 is 0 Å². The van der Waals surface area contributed by atoms with Crippen molar-refractivity contribution in [3.05, 3.63) is 48.4 Å². The van der Waals surface area contributed by atoms with Gasteiger partial charge in [-0.1, -0.05) is 13.8 Å². The van der Waals surface area contributed by atoms with Gasteiger partial charge in [-0.05, 0) is 42.8 Å². The lowest BCUT2D eigenvalue weighted by Gasteiger charge is -2.11. The van der Waals surface area contributed by atoms with Crippen LogP contribution in [0.3, 0.4) is 0 Å². The van der Waals surface area contributed by atoms with E-state index in [1.165, 1.54) is 0 Å². The maximum Gasteiger partial charge on any atom is 0.319 e. The third-order valence-electron chi connectivity index (χ3n) is 3.47. The third-order valence-corrected chi connectivity index (χ3v) is 3.47. The fourth-order valence-electron chi connectivity index (χ4n) is 1.84. The van der Waals surface area contributed by atoms with E-state index in [4.69, 9.17) is 4.42 Å². The second-order valence-corrected chi connectivity index (χ2v) is 5.26. The summed E-state index contributed by atoms with van der Waals surface area (Å²) >= 11 is 0. The highest BCUT2D eigenvalue weighted by atomic mass is 16.3. The van der Waals surface area contributed by atoms with Crippen LogP contribution in [0, 0.1) is 5.92 Å². The Morgan fingerprint density at radius 3 is 2.30 bits per heavy atom. The van der Waals surface area contributed by atoms with Crippen LogP contribution in [0.15, 0.2) is 47.1 Å². The van der Waals surface area contributed by atoms with Crippen LogP contribution in [0.1, 0.15) is 26.0 Å². The SMILES string of the molecule is CCC(C)C(=O)Nc1ccc(NC(=O)NCc2ccco2)cc1. The summed E-state index contributed by atoms with van der Waals surface area (Å²) in [5.41, 5.74) is 1.35. The van der Waals surface area contributed by atoms with Gasteiger partial charge in [0, 0.05) is 17.3 Å². The minimum atomic E-state index is -0.321. The molecule has 23 heavy (non-hydrogen) atoms. The zero-order valence-electron chi connectivity index (χ0n) is 13.3. The van der Waals surface area contributed by atoms with Crippen molar-refractivity contribution in [2.45, 2.75) is 26.8 Å². The van der Waals surface area contributed by atoms with Gasteiger partial charge in [0.1, 0.15) is 5.76 Å². The van der Waals surface area contributed by atoms with Crippen molar-refractivity contribution in [2.75, 3.05) is 10.6 Å². The largest absolute Gasteiger partial charge is 0.467 e. The number of nitrogens with one attached hydrogen (secondary N) is 3. The molecule has 0 aliphatic carbocycles. The quantitative estimate of drug-likeness (QED) is 0.761. The van der Waals surface area contributed by atoms with E-state index in [1.807, 2.05) is 13.8 Å². The van der Waals surface area contributed by atoms with Gasteiger partial charge in [0.05, 0.1) is 12.8 Å². The van der Waals surface area contributed by atoms with Gasteiger partial charge in [0.2, 0.25) is 5.91 Å². The molecule has 1 heterocycles. The number of hydrogen-bond donors (Lipinski definition) is 3. The highest BCUT2D eigenvalue weighted by Gasteiger charge is 2.10. The average molecular weight is 315 g/mol. The molecule has 0 fully saturated rings. The maximum atomic E-state index is 11.8. The summed E-state index contributed by atoms with van der Waals surface area (Å²) in [6, 6.07) is 10.2. The average Bonchev–Trinajstić information content (AvgIpc) is 3.07. The fraction of sp³-hybridized carbons (Fsp3) is 0.294. The number of furan rings is 1. The van der Waals surface area contributed by atoms with Gasteiger partial charge in [-0.2, -0.15) is 0 Å². The van der Waals surface area contributed by atoms with Gasteiger partial charge in [0.25, 0.3) is 0 Å². The minimum Gasteiger partial charge on any atom is -0.467 e. The predicted octanol–water partition coefficient (Wildman–Crippen LogP) is 3.59. The lowest BCUT2D eigenvalue weighted by Crippen LogP contribution is -2.28. The third kappa shape index (κ3) is 5.18. The number of carbonyl (C=O) groups excluding carboxylic acids is 2. The van der Waals surface area contributed by atoms with E-state index >= 15 is 0 Å². The molecule has 1 aromatic carbocycles. The molecule has 0 spiro atoms. The summed E-state index contributed by atoms with van der Waals surface area (Å²) in [4.78, 5) is 23.6. The second-order valence-electron chi connectivity index (χ2n) is 5.26. The van der Waals surface area contributed by atoms with E-state index in [0.29, 0.717) is 23.7 Å². The number of benzene rings is 1. The van der Waals surface area contributed by atoms with Crippen molar-refractivity contribution in [3.63, 3.8) is 0 Å². The van der Waals surface area contributed by atoms with Gasteiger partial charge in [-0.25, -0.2) is 4.79 Å². The number of anilines is 2. The fourth-order valence-corrected chi connectivity index (χ4v) is 1.84. The first kappa shape index (κ1) is 16.6. The van der Waals surface area contributed by atoms with Crippen LogP contribution in [-0.2, 0) is 11.3 Å². The molecule has 6 heteroatoms. The number of rotatable bonds is 6. The van der Waals surface area contributed by atoms with Crippen LogP contribution in [-0.4, -0.2) is 11.9 Å². The Morgan fingerprint density at radius 1 is 1.09 bits per heavy atom. The molecule has 6 nitrogen and oxygen atoms in total. The molecule has 1 aromatic heterocycles. The Morgan fingerprint density at radius 2 is 1.74 bits per heavy atom. The molecule has 0 bridgehead atoms. The van der Waals surface area contributed by atoms with Crippen molar-refractivity contribution in [2.24, 2.45) is 5.92 Å². The van der Waals surface area contributed by atoms with E-state index in [2.05, 4.69) is 16.0 Å². The molecular formula is C17H21N3O3. The zero-order chi connectivity index (χ0) is 16.7. The first-order valence-corrected chi connectivity index (χ1v) is 7.56. The molecule has 122 valence electrons. The molecule has 0 aliphatic rings. The van der Waals surface area contributed by atoms with Crippen molar-refractivity contribution in [1.29, 1.82) is 0 Å². The molecule has 0 saturated carbocycles. The summed E-state index contributed by atoms with van der Waals surface area (Å²) < 4.78 is 5.13. The minimum absolute atomic E-state index is 0.00981. The number of amides is 3. The molecule has 1 unspecified atom stereocenters. The van der Waals surface area contributed by atoms with Gasteiger partial charge >= 0.3 is 6.03 Å². The highest BCUT2D eigenvalue weighted by Crippen LogP contribution is 2.15. The van der Waals surface area contributed by atoms with Crippen molar-refractivity contribution in [3.8, 4) is 0 Å². The van der Waals surface area contributed by atoms with Crippen LogP contribution in [0.4, 0.5) is 16.2 Å². The molecule has 2 aromatic rings. The predicted molar refractivity (Wildman–Crippen MR) is 89.1 cm³/mol. The Kier molecular flexibility index (Phi) is 5.80. The molecule has 3 N–H and O–H groups in total. The first-order chi connectivity index (χ1) is 11.1. The summed E-state index contributed by atoms with van der Waals surface area (Å²) in [6.07, 6.45) is 2.35. The Hall–Kier alpha value is -2.76. The number of urea groups is 1. The van der Waals surface area contributed by atoms with Crippen LogP contribution < -0.4 is 16.0 Å². The Balaban J connectivity index is 1.82. The van der Waals surface area contributed by atoms with Gasteiger partial charge in [-0.15, -0.1) is 0 Å². The zero-order valence-corrected chi connectivity index (χ0v) is 13.3. The van der Waals surface area contributed by atoms with Gasteiger partial charge < -0.3 is 20.4 Å². The monoisotopic (exact) mass is 315 g/mol. The Labute approximate surface area is 135 Å². The molecule has 3 amide bonds. The summed E-state index contributed by atoms with van der Waals surface area (Å²) in [5.74, 6) is 0.646. The highest BCUT2D eigenvalue weighted by molar-refractivity contribution is 5.93. The smallest absolute Gasteiger partial charge is 0.319 e. The van der Waals surface area contributed by atoms with E-state index in [0.717, 1.165) is 6.42 Å². The first-order valence-electron chi connectivity index (χ1n) is 7.56. The van der Waals surface area contributed by atoms with Crippen LogP contribution in [0.5, 0.6) is 0 Å². The van der Waals surface area contributed by atoms with Crippen LogP contribution >= 0.6 is 0 Å². The second kappa shape index (κ2) is 8.03. The Bertz CT molecular complexity index is 636. The molecule has 1 atom stereocenters. The van der Waals surface area contributed by atoms with Crippen molar-refractivity contribution >= 4 is 23.3 Å². The van der Waals surface area contributed by atoms with Crippen molar-refractivity contribution < 1.29 is 14.0 Å². The van der Waals surface area contributed by atoms with E-state index in [-0.39, 0.29) is 17.9 Å². The van der Waals surface area contributed by atoms with Crippen LogP contribution in [0.2, 0.25) is 0 Å². The molecule has 2 rings (SSSR count). The van der Waals surface area contributed by atoms with E-state index in [1.54, 1.807) is 42.7 Å². The maximum absolute atomic E-state index is 11.8. The van der Waals surface area contributed by atoms with E-state index in [9.17, 15) is 9.59 Å². The summed E-state index contributed by atoms with van der Waals surface area (Å²) in [7, 11) is 0. The molecule has 0 aliphatic heterocycles. The lowest BCUT2D eigenvalue weighted by atomic mass is 10.1. The van der Waals surface area contributed by atoms with Gasteiger partial charge in [0.15, 0.2) is 0 Å². The standard InChI is InChI=1S/C17H21N3O3/c1-3-12(2)16(21)19-13-6-8-14(9-7-13)20-17(22)18-11-15-5-4-10-23-15/h4-10,12H,3,11H2,1-2H3,(H,19,21)(H2,18,20,22). The van der Waals surface area contributed by atoms with Crippen LogP contribution in [0.25, 0.3) is 0 Å². The normalized spacial score (nSPS) is 11.6. The molecular weight excluding hydrogens is 294 g/mol. The lowest BCUT2D eigenvalue weighted by molar-refractivity contribution is -0.119. The molecule has 0 saturated heterocycles. The summed E-state index contributed by atoms with van der Waals surface area (Å²) in [6.45, 7) is 4.18. The summed E-state index contributed by atoms with van der Waals surface area (Å²) in [5, 5.41) is 8.24. The topological polar surface area (TPSA) is 83.4 Å². The van der Waals surface area contributed by atoms with Gasteiger partial charge in [-0.3, -0.25) is 4.79 Å².